The smallest absolute Gasteiger partial charge is 0.224 e. The van der Waals surface area contributed by atoms with Gasteiger partial charge >= 0.3 is 0 Å². The molecule has 0 saturated carbocycles. The van der Waals surface area contributed by atoms with E-state index in [9.17, 15) is 9.90 Å². The standard InChI is InChI=1S/C14H28N2O3/c1-11(2)8-13(17)10-15-12(3)9-14(18)16-4-6-19-7-5-16/h11-13,15,17H,4-10H2,1-3H3. The van der Waals surface area contributed by atoms with E-state index in [-0.39, 0.29) is 18.1 Å². The highest BCUT2D eigenvalue weighted by molar-refractivity contribution is 5.76. The maximum atomic E-state index is 12.0. The van der Waals surface area contributed by atoms with E-state index in [1.165, 1.54) is 0 Å². The minimum Gasteiger partial charge on any atom is -0.392 e. The van der Waals surface area contributed by atoms with E-state index in [1.807, 2.05) is 11.8 Å². The summed E-state index contributed by atoms with van der Waals surface area (Å²) in [6, 6.07) is 0.0946. The fraction of sp³-hybridized carbons (Fsp3) is 0.929. The minimum absolute atomic E-state index is 0.0946. The number of nitrogens with one attached hydrogen (secondary N) is 1. The van der Waals surface area contributed by atoms with Crippen LogP contribution >= 0.6 is 0 Å². The molecule has 19 heavy (non-hydrogen) atoms. The second-order valence-electron chi connectivity index (χ2n) is 5.79. The summed E-state index contributed by atoms with van der Waals surface area (Å²) in [5.74, 6) is 0.656. The van der Waals surface area contributed by atoms with Crippen LogP contribution in [0.4, 0.5) is 0 Å². The van der Waals surface area contributed by atoms with Gasteiger partial charge in [-0.3, -0.25) is 4.79 Å². The number of amides is 1. The molecule has 5 heteroatoms. The van der Waals surface area contributed by atoms with Crippen molar-refractivity contribution in [3.8, 4) is 0 Å². The van der Waals surface area contributed by atoms with Gasteiger partial charge in [0, 0.05) is 32.1 Å². The molecule has 112 valence electrons. The van der Waals surface area contributed by atoms with Gasteiger partial charge in [0.15, 0.2) is 0 Å². The Morgan fingerprint density at radius 3 is 2.53 bits per heavy atom. The van der Waals surface area contributed by atoms with Crippen molar-refractivity contribution in [1.82, 2.24) is 10.2 Å². The quantitative estimate of drug-likeness (QED) is 0.713. The van der Waals surface area contributed by atoms with Crippen LogP contribution in [0.3, 0.4) is 0 Å². The van der Waals surface area contributed by atoms with Crippen molar-refractivity contribution in [1.29, 1.82) is 0 Å². The lowest BCUT2D eigenvalue weighted by Crippen LogP contribution is -2.44. The van der Waals surface area contributed by atoms with Gasteiger partial charge in [-0.15, -0.1) is 0 Å². The second-order valence-corrected chi connectivity index (χ2v) is 5.79. The zero-order valence-corrected chi connectivity index (χ0v) is 12.4. The first-order valence-electron chi connectivity index (χ1n) is 7.26. The number of hydrogen-bond acceptors (Lipinski definition) is 4. The Hall–Kier alpha value is -0.650. The average molecular weight is 272 g/mol. The molecule has 5 nitrogen and oxygen atoms in total. The molecule has 1 amide bonds. The Morgan fingerprint density at radius 2 is 1.95 bits per heavy atom. The van der Waals surface area contributed by atoms with Crippen LogP contribution in [0, 0.1) is 5.92 Å². The molecular formula is C14H28N2O3. The largest absolute Gasteiger partial charge is 0.392 e. The Bertz CT molecular complexity index is 265. The van der Waals surface area contributed by atoms with Crippen LogP contribution in [0.5, 0.6) is 0 Å². The number of morpholine rings is 1. The zero-order valence-electron chi connectivity index (χ0n) is 12.4. The van der Waals surface area contributed by atoms with E-state index in [0.717, 1.165) is 6.42 Å². The lowest BCUT2D eigenvalue weighted by Gasteiger charge is -2.28. The van der Waals surface area contributed by atoms with Crippen LogP contribution in [0.25, 0.3) is 0 Å². The van der Waals surface area contributed by atoms with Crippen LogP contribution in [-0.4, -0.2) is 60.9 Å². The maximum absolute atomic E-state index is 12.0. The van der Waals surface area contributed by atoms with E-state index >= 15 is 0 Å². The van der Waals surface area contributed by atoms with Gasteiger partial charge in [0.2, 0.25) is 5.91 Å². The van der Waals surface area contributed by atoms with Crippen LogP contribution in [0.15, 0.2) is 0 Å². The lowest BCUT2D eigenvalue weighted by molar-refractivity contribution is -0.135. The van der Waals surface area contributed by atoms with Crippen LogP contribution in [-0.2, 0) is 9.53 Å². The maximum Gasteiger partial charge on any atom is 0.224 e. The molecule has 1 aliphatic rings. The van der Waals surface area contributed by atoms with E-state index in [4.69, 9.17) is 4.74 Å². The molecule has 0 radical (unpaired) electrons. The fourth-order valence-electron chi connectivity index (χ4n) is 2.24. The monoisotopic (exact) mass is 272 g/mol. The van der Waals surface area contributed by atoms with Crippen molar-refractivity contribution < 1.29 is 14.6 Å². The Balaban J connectivity index is 2.18. The molecule has 0 aliphatic carbocycles. The van der Waals surface area contributed by atoms with Gasteiger partial charge < -0.3 is 20.1 Å². The number of ether oxygens (including phenoxy) is 1. The molecular weight excluding hydrogens is 244 g/mol. The van der Waals surface area contributed by atoms with Crippen molar-refractivity contribution in [3.05, 3.63) is 0 Å². The summed E-state index contributed by atoms with van der Waals surface area (Å²) in [5, 5.41) is 13.0. The molecule has 0 spiro atoms. The molecule has 0 aromatic carbocycles. The summed E-state index contributed by atoms with van der Waals surface area (Å²) in [4.78, 5) is 13.9. The first kappa shape index (κ1) is 16.4. The lowest BCUT2D eigenvalue weighted by atomic mass is 10.1. The number of nitrogens with zero attached hydrogens (tertiary/aromatic N) is 1. The van der Waals surface area contributed by atoms with Crippen molar-refractivity contribution >= 4 is 5.91 Å². The van der Waals surface area contributed by atoms with E-state index < -0.39 is 0 Å². The molecule has 2 N–H and O–H groups in total. The third-order valence-corrected chi connectivity index (χ3v) is 3.29. The Morgan fingerprint density at radius 1 is 1.32 bits per heavy atom. The van der Waals surface area contributed by atoms with Crippen molar-refractivity contribution in [2.75, 3.05) is 32.8 Å². The third kappa shape index (κ3) is 6.89. The highest BCUT2D eigenvalue weighted by atomic mass is 16.5. The molecule has 1 saturated heterocycles. The fourth-order valence-corrected chi connectivity index (χ4v) is 2.24. The molecule has 2 unspecified atom stereocenters. The summed E-state index contributed by atoms with van der Waals surface area (Å²) in [5.41, 5.74) is 0. The molecule has 2 atom stereocenters. The predicted molar refractivity (Wildman–Crippen MR) is 74.9 cm³/mol. The van der Waals surface area contributed by atoms with Gasteiger partial charge in [0.1, 0.15) is 0 Å². The second kappa shape index (κ2) is 8.51. The molecule has 1 rings (SSSR count). The first-order chi connectivity index (χ1) is 8.99. The highest BCUT2D eigenvalue weighted by Crippen LogP contribution is 2.05. The van der Waals surface area contributed by atoms with Crippen LogP contribution in [0.1, 0.15) is 33.6 Å². The topological polar surface area (TPSA) is 61.8 Å². The molecule has 0 aromatic heterocycles. The van der Waals surface area contributed by atoms with Gasteiger partial charge in [-0.2, -0.15) is 0 Å². The van der Waals surface area contributed by atoms with Crippen molar-refractivity contribution in [3.63, 3.8) is 0 Å². The van der Waals surface area contributed by atoms with Gasteiger partial charge in [0.05, 0.1) is 19.3 Å². The first-order valence-corrected chi connectivity index (χ1v) is 7.26. The Labute approximate surface area is 116 Å². The van der Waals surface area contributed by atoms with E-state index in [2.05, 4.69) is 19.2 Å². The predicted octanol–water partition coefficient (Wildman–Crippen LogP) is 0.620. The van der Waals surface area contributed by atoms with Gasteiger partial charge in [0.25, 0.3) is 0 Å². The van der Waals surface area contributed by atoms with Crippen LogP contribution < -0.4 is 5.32 Å². The van der Waals surface area contributed by atoms with E-state index in [0.29, 0.717) is 45.2 Å². The minimum atomic E-state index is -0.332. The zero-order chi connectivity index (χ0) is 14.3. The highest BCUT2D eigenvalue weighted by Gasteiger charge is 2.19. The van der Waals surface area contributed by atoms with Crippen LogP contribution in [0.2, 0.25) is 0 Å². The van der Waals surface area contributed by atoms with E-state index in [1.54, 1.807) is 0 Å². The number of carbonyl (C=O) groups is 1. The molecule has 1 fully saturated rings. The number of aliphatic hydroxyl groups excluding tert-OH is 1. The number of carbonyl (C=O) groups excluding carboxylic acids is 1. The molecule has 0 bridgehead atoms. The molecule has 1 aliphatic heterocycles. The molecule has 1 heterocycles. The summed E-state index contributed by atoms with van der Waals surface area (Å²) in [6.45, 7) is 9.39. The number of aliphatic hydroxyl groups is 1. The molecule has 0 aromatic rings. The average Bonchev–Trinajstić information content (AvgIpc) is 2.36. The number of rotatable bonds is 7. The number of hydrogen-bond donors (Lipinski definition) is 2. The third-order valence-electron chi connectivity index (χ3n) is 3.29. The Kier molecular flexibility index (Phi) is 7.34. The van der Waals surface area contributed by atoms with Gasteiger partial charge in [-0.1, -0.05) is 13.8 Å². The summed E-state index contributed by atoms with van der Waals surface area (Å²) in [7, 11) is 0. The normalized spacial score (nSPS) is 19.5. The van der Waals surface area contributed by atoms with Gasteiger partial charge in [-0.05, 0) is 19.3 Å². The van der Waals surface area contributed by atoms with Crippen molar-refractivity contribution in [2.45, 2.75) is 45.8 Å². The summed E-state index contributed by atoms with van der Waals surface area (Å²) >= 11 is 0. The van der Waals surface area contributed by atoms with Crippen molar-refractivity contribution in [2.24, 2.45) is 5.92 Å². The summed E-state index contributed by atoms with van der Waals surface area (Å²) < 4.78 is 5.23. The SMILES string of the molecule is CC(C)CC(O)CNC(C)CC(=O)N1CCOCC1. The van der Waals surface area contributed by atoms with Gasteiger partial charge in [-0.25, -0.2) is 0 Å². The summed E-state index contributed by atoms with van der Waals surface area (Å²) in [6.07, 6.45) is 0.937.